The fraction of sp³-hybridized carbons (Fsp3) is 0.429. The molecule has 0 saturated heterocycles. The molecular formula is C21H30N4OS. The fourth-order valence-electron chi connectivity index (χ4n) is 2.40. The molecule has 0 unspecified atom stereocenters. The van der Waals surface area contributed by atoms with Gasteiger partial charge in [0.25, 0.3) is 0 Å². The van der Waals surface area contributed by atoms with Crippen LogP contribution in [0.4, 0.5) is 0 Å². The smallest absolute Gasteiger partial charge is 0.191 e. The normalized spacial score (nSPS) is 11.9. The minimum atomic E-state index is 0.0980. The molecule has 0 radical (unpaired) electrons. The summed E-state index contributed by atoms with van der Waals surface area (Å²) in [6.07, 6.45) is 2.62. The first-order chi connectivity index (χ1) is 12.9. The molecule has 0 saturated carbocycles. The fourth-order valence-corrected chi connectivity index (χ4v) is 3.42. The van der Waals surface area contributed by atoms with Crippen LogP contribution in [0.1, 0.15) is 37.0 Å². The third-order valence-corrected chi connectivity index (χ3v) is 4.86. The summed E-state index contributed by atoms with van der Waals surface area (Å²) in [6, 6.07) is 7.98. The zero-order valence-electron chi connectivity index (χ0n) is 16.7. The Hall–Kier alpha value is -2.34. The van der Waals surface area contributed by atoms with Gasteiger partial charge in [-0.05, 0) is 6.07 Å². The number of hydrogen-bond acceptors (Lipinski definition) is 4. The Kier molecular flexibility index (Phi) is 7.85. The highest BCUT2D eigenvalue weighted by Crippen LogP contribution is 2.23. The van der Waals surface area contributed by atoms with Gasteiger partial charge in [0.15, 0.2) is 5.96 Å². The van der Waals surface area contributed by atoms with Crippen LogP contribution in [0.5, 0.6) is 5.75 Å². The van der Waals surface area contributed by atoms with Crippen LogP contribution in [-0.2, 0) is 18.4 Å². The van der Waals surface area contributed by atoms with Crippen molar-refractivity contribution in [2.75, 3.05) is 20.2 Å². The number of hydrogen-bond donors (Lipinski definition) is 2. The van der Waals surface area contributed by atoms with Crippen molar-refractivity contribution in [1.82, 2.24) is 15.6 Å². The van der Waals surface area contributed by atoms with Crippen LogP contribution < -0.4 is 15.4 Å². The second-order valence-electron chi connectivity index (χ2n) is 7.19. The van der Waals surface area contributed by atoms with Gasteiger partial charge in [0.1, 0.15) is 12.4 Å². The Morgan fingerprint density at radius 3 is 2.74 bits per heavy atom. The highest BCUT2D eigenvalue weighted by atomic mass is 32.1. The SMILES string of the molecule is C=CCOc1ccccc1CNC(=NC)NCCc1nc(C(C)(C)C)cs1. The van der Waals surface area contributed by atoms with Gasteiger partial charge in [-0.2, -0.15) is 0 Å². The van der Waals surface area contributed by atoms with Gasteiger partial charge >= 0.3 is 0 Å². The van der Waals surface area contributed by atoms with Crippen LogP contribution in [0.3, 0.4) is 0 Å². The Bertz CT molecular complexity index is 762. The third kappa shape index (κ3) is 6.71. The molecule has 0 spiro atoms. The molecule has 0 aliphatic heterocycles. The lowest BCUT2D eigenvalue weighted by Gasteiger charge is -2.15. The van der Waals surface area contributed by atoms with Gasteiger partial charge in [-0.25, -0.2) is 4.98 Å². The molecule has 2 N–H and O–H groups in total. The molecule has 0 atom stereocenters. The molecule has 0 fully saturated rings. The molecule has 6 heteroatoms. The number of aliphatic imine (C=N–C) groups is 1. The van der Waals surface area contributed by atoms with Gasteiger partial charge in [-0.15, -0.1) is 11.3 Å². The zero-order valence-corrected chi connectivity index (χ0v) is 17.5. The molecule has 2 rings (SSSR count). The first kappa shape index (κ1) is 21.0. The van der Waals surface area contributed by atoms with Crippen molar-refractivity contribution < 1.29 is 4.74 Å². The zero-order chi connectivity index (χ0) is 19.7. The predicted octanol–water partition coefficient (Wildman–Crippen LogP) is 3.91. The third-order valence-electron chi connectivity index (χ3n) is 3.95. The standard InChI is InChI=1S/C21H30N4OS/c1-6-13-26-17-10-8-7-9-16(17)14-24-20(22-5)23-12-11-19-25-18(15-27-19)21(2,3)4/h6-10,15H,1,11-14H2,2-5H3,(H2,22,23,24). The summed E-state index contributed by atoms with van der Waals surface area (Å²) in [5.74, 6) is 1.62. The largest absolute Gasteiger partial charge is 0.489 e. The molecular weight excluding hydrogens is 356 g/mol. The van der Waals surface area contributed by atoms with Crippen molar-refractivity contribution in [3.8, 4) is 5.75 Å². The van der Waals surface area contributed by atoms with E-state index in [2.05, 4.69) is 48.4 Å². The van der Waals surface area contributed by atoms with E-state index in [1.807, 2.05) is 24.3 Å². The average Bonchev–Trinajstić information content (AvgIpc) is 3.13. The summed E-state index contributed by atoms with van der Waals surface area (Å²) in [5.41, 5.74) is 2.33. The van der Waals surface area contributed by atoms with E-state index in [0.29, 0.717) is 13.2 Å². The molecule has 0 bridgehead atoms. The molecule has 27 heavy (non-hydrogen) atoms. The first-order valence-corrected chi connectivity index (χ1v) is 10.0. The number of nitrogens with zero attached hydrogens (tertiary/aromatic N) is 2. The number of ether oxygens (including phenoxy) is 1. The van der Waals surface area contributed by atoms with Crippen molar-refractivity contribution >= 4 is 17.3 Å². The summed E-state index contributed by atoms with van der Waals surface area (Å²) in [7, 11) is 1.77. The molecule has 0 aliphatic carbocycles. The molecule has 0 aliphatic rings. The summed E-state index contributed by atoms with van der Waals surface area (Å²) in [6.45, 7) is 12.2. The Labute approximate surface area is 166 Å². The molecule has 146 valence electrons. The number of guanidine groups is 1. The minimum Gasteiger partial charge on any atom is -0.489 e. The lowest BCUT2D eigenvalue weighted by molar-refractivity contribution is 0.358. The number of para-hydroxylation sites is 1. The molecule has 2 aromatic rings. The van der Waals surface area contributed by atoms with E-state index in [4.69, 9.17) is 9.72 Å². The van der Waals surface area contributed by atoms with Crippen LogP contribution in [0.25, 0.3) is 0 Å². The summed E-state index contributed by atoms with van der Waals surface area (Å²) in [4.78, 5) is 9.02. The average molecular weight is 387 g/mol. The summed E-state index contributed by atoms with van der Waals surface area (Å²) in [5, 5.41) is 9.98. The van der Waals surface area contributed by atoms with E-state index in [0.717, 1.165) is 40.9 Å². The molecule has 5 nitrogen and oxygen atoms in total. The molecule has 0 amide bonds. The molecule has 1 heterocycles. The Morgan fingerprint density at radius 2 is 2.07 bits per heavy atom. The first-order valence-electron chi connectivity index (χ1n) is 9.15. The quantitative estimate of drug-likeness (QED) is 0.410. The van der Waals surface area contributed by atoms with Crippen LogP contribution in [0.2, 0.25) is 0 Å². The molecule has 1 aromatic carbocycles. The van der Waals surface area contributed by atoms with Crippen LogP contribution in [0, 0.1) is 0 Å². The predicted molar refractivity (Wildman–Crippen MR) is 115 cm³/mol. The van der Waals surface area contributed by atoms with Crippen molar-refractivity contribution in [2.24, 2.45) is 4.99 Å². The van der Waals surface area contributed by atoms with Crippen LogP contribution in [0.15, 0.2) is 47.3 Å². The van der Waals surface area contributed by atoms with E-state index >= 15 is 0 Å². The number of thiazole rings is 1. The number of rotatable bonds is 8. The van der Waals surface area contributed by atoms with Crippen molar-refractivity contribution in [3.63, 3.8) is 0 Å². The number of aromatic nitrogens is 1. The Balaban J connectivity index is 1.83. The lowest BCUT2D eigenvalue weighted by Crippen LogP contribution is -2.37. The van der Waals surface area contributed by atoms with E-state index in [9.17, 15) is 0 Å². The Morgan fingerprint density at radius 1 is 1.30 bits per heavy atom. The van der Waals surface area contributed by atoms with Gasteiger partial charge in [0.05, 0.1) is 10.7 Å². The second kappa shape index (κ2) is 10.1. The van der Waals surface area contributed by atoms with Crippen LogP contribution in [-0.4, -0.2) is 31.1 Å². The topological polar surface area (TPSA) is 58.5 Å². The van der Waals surface area contributed by atoms with Gasteiger partial charge in [-0.3, -0.25) is 4.99 Å². The molecule has 1 aromatic heterocycles. The minimum absolute atomic E-state index is 0.0980. The van der Waals surface area contributed by atoms with Crippen molar-refractivity contribution in [3.05, 3.63) is 58.6 Å². The maximum atomic E-state index is 5.70. The van der Waals surface area contributed by atoms with Gasteiger partial charge < -0.3 is 15.4 Å². The summed E-state index contributed by atoms with van der Waals surface area (Å²) >= 11 is 1.72. The highest BCUT2D eigenvalue weighted by Gasteiger charge is 2.17. The van der Waals surface area contributed by atoms with Gasteiger partial charge in [-0.1, -0.05) is 51.6 Å². The van der Waals surface area contributed by atoms with Gasteiger partial charge in [0, 0.05) is 42.9 Å². The highest BCUT2D eigenvalue weighted by molar-refractivity contribution is 7.09. The lowest BCUT2D eigenvalue weighted by atomic mass is 9.93. The van der Waals surface area contributed by atoms with E-state index in [1.165, 1.54) is 0 Å². The maximum absolute atomic E-state index is 5.70. The summed E-state index contributed by atoms with van der Waals surface area (Å²) < 4.78 is 5.70. The number of benzene rings is 1. The second-order valence-corrected chi connectivity index (χ2v) is 8.13. The van der Waals surface area contributed by atoms with E-state index < -0.39 is 0 Å². The van der Waals surface area contributed by atoms with Crippen molar-refractivity contribution in [1.29, 1.82) is 0 Å². The van der Waals surface area contributed by atoms with Crippen LogP contribution >= 0.6 is 11.3 Å². The number of nitrogens with one attached hydrogen (secondary N) is 2. The van der Waals surface area contributed by atoms with E-state index in [-0.39, 0.29) is 5.41 Å². The maximum Gasteiger partial charge on any atom is 0.191 e. The van der Waals surface area contributed by atoms with E-state index in [1.54, 1.807) is 24.5 Å². The van der Waals surface area contributed by atoms with Crippen molar-refractivity contribution in [2.45, 2.75) is 39.2 Å². The van der Waals surface area contributed by atoms with Gasteiger partial charge in [0.2, 0.25) is 0 Å². The monoisotopic (exact) mass is 386 g/mol.